The van der Waals surface area contributed by atoms with Crippen LogP contribution in [-0.2, 0) is 0 Å². The monoisotopic (exact) mass is 274 g/mol. The summed E-state index contributed by atoms with van der Waals surface area (Å²) in [4.78, 5) is 14.6. The van der Waals surface area contributed by atoms with Gasteiger partial charge in [-0.1, -0.05) is 18.2 Å². The molecule has 2 heterocycles. The first-order valence-corrected chi connectivity index (χ1v) is 7.54. The number of amides is 1. The zero-order valence-electron chi connectivity index (χ0n) is 11.2. The van der Waals surface area contributed by atoms with E-state index < -0.39 is 0 Å². The van der Waals surface area contributed by atoms with Crippen LogP contribution >= 0.6 is 11.3 Å². The molecule has 19 heavy (non-hydrogen) atoms. The average molecular weight is 274 g/mol. The van der Waals surface area contributed by atoms with Gasteiger partial charge in [0.05, 0.1) is 5.56 Å². The number of carbonyl (C=O) groups excluding carboxylic acids is 1. The first-order chi connectivity index (χ1) is 9.15. The number of hydrogen-bond donors (Lipinski definition) is 1. The van der Waals surface area contributed by atoms with E-state index in [2.05, 4.69) is 25.2 Å². The predicted octanol–water partition coefficient (Wildman–Crippen LogP) is 2.72. The normalized spacial score (nSPS) is 23.8. The fourth-order valence-corrected chi connectivity index (χ4v) is 3.74. The van der Waals surface area contributed by atoms with Crippen LogP contribution in [-0.4, -0.2) is 36.0 Å². The van der Waals surface area contributed by atoms with E-state index in [4.69, 9.17) is 0 Å². The van der Waals surface area contributed by atoms with Crippen molar-refractivity contribution in [1.29, 1.82) is 0 Å². The molecule has 1 amide bonds. The van der Waals surface area contributed by atoms with Gasteiger partial charge in [-0.2, -0.15) is 0 Å². The summed E-state index contributed by atoms with van der Waals surface area (Å²) in [6.07, 6.45) is 0. The first kappa shape index (κ1) is 12.6. The molecule has 0 aliphatic carbocycles. The summed E-state index contributed by atoms with van der Waals surface area (Å²) in [5, 5.41) is 6.53. The number of nitrogens with one attached hydrogen (secondary N) is 1. The maximum absolute atomic E-state index is 12.7. The molecule has 1 fully saturated rings. The van der Waals surface area contributed by atoms with Crippen LogP contribution in [0.25, 0.3) is 10.1 Å². The Labute approximate surface area is 117 Å². The van der Waals surface area contributed by atoms with E-state index in [0.717, 1.165) is 24.0 Å². The van der Waals surface area contributed by atoms with Gasteiger partial charge in [-0.05, 0) is 19.9 Å². The number of nitrogens with zero attached hydrogens (tertiary/aromatic N) is 1. The largest absolute Gasteiger partial charge is 0.336 e. The van der Waals surface area contributed by atoms with Gasteiger partial charge >= 0.3 is 0 Å². The van der Waals surface area contributed by atoms with Gasteiger partial charge in [0.15, 0.2) is 0 Å². The number of thiophene rings is 1. The summed E-state index contributed by atoms with van der Waals surface area (Å²) in [6, 6.07) is 8.83. The van der Waals surface area contributed by atoms with Crippen LogP contribution in [0.5, 0.6) is 0 Å². The molecule has 0 bridgehead atoms. The lowest BCUT2D eigenvalue weighted by Gasteiger charge is -2.36. The lowest BCUT2D eigenvalue weighted by molar-refractivity contribution is 0.0676. The van der Waals surface area contributed by atoms with Gasteiger partial charge in [-0.15, -0.1) is 11.3 Å². The van der Waals surface area contributed by atoms with Crippen molar-refractivity contribution in [2.75, 3.05) is 13.1 Å². The van der Waals surface area contributed by atoms with Gasteiger partial charge in [0.1, 0.15) is 0 Å². The Morgan fingerprint density at radius 2 is 1.95 bits per heavy atom. The van der Waals surface area contributed by atoms with Crippen LogP contribution in [0.3, 0.4) is 0 Å². The molecular weight excluding hydrogens is 256 g/mol. The second kappa shape index (κ2) is 4.94. The molecule has 1 aromatic carbocycles. The van der Waals surface area contributed by atoms with E-state index in [9.17, 15) is 4.79 Å². The Morgan fingerprint density at radius 1 is 1.26 bits per heavy atom. The third-order valence-corrected chi connectivity index (χ3v) is 4.52. The van der Waals surface area contributed by atoms with Gasteiger partial charge in [-0.3, -0.25) is 4.79 Å². The molecule has 4 heteroatoms. The van der Waals surface area contributed by atoms with Crippen molar-refractivity contribution in [3.05, 3.63) is 35.2 Å². The summed E-state index contributed by atoms with van der Waals surface area (Å²) in [7, 11) is 0. The summed E-state index contributed by atoms with van der Waals surface area (Å²) in [5.74, 6) is 0.164. The maximum Gasteiger partial charge on any atom is 0.255 e. The zero-order valence-corrected chi connectivity index (χ0v) is 12.0. The molecule has 3 nitrogen and oxygen atoms in total. The fraction of sp³-hybridized carbons (Fsp3) is 0.400. The number of piperazine rings is 1. The zero-order chi connectivity index (χ0) is 13.4. The maximum atomic E-state index is 12.7. The molecular formula is C15H18N2OS. The van der Waals surface area contributed by atoms with Gasteiger partial charge in [0.2, 0.25) is 0 Å². The van der Waals surface area contributed by atoms with Crippen LogP contribution in [0.4, 0.5) is 0 Å². The van der Waals surface area contributed by atoms with Crippen molar-refractivity contribution in [3.63, 3.8) is 0 Å². The van der Waals surface area contributed by atoms with Gasteiger partial charge < -0.3 is 10.2 Å². The van der Waals surface area contributed by atoms with E-state index in [0.29, 0.717) is 12.1 Å². The quantitative estimate of drug-likeness (QED) is 0.867. The Morgan fingerprint density at radius 3 is 2.68 bits per heavy atom. The SMILES string of the molecule is CC1CN(C(=O)c2csc3ccccc23)CC(C)N1. The van der Waals surface area contributed by atoms with Gasteiger partial charge in [-0.25, -0.2) is 0 Å². The molecule has 1 aromatic heterocycles. The highest BCUT2D eigenvalue weighted by atomic mass is 32.1. The fourth-order valence-electron chi connectivity index (χ4n) is 2.81. The summed E-state index contributed by atoms with van der Waals surface area (Å²) in [5.41, 5.74) is 0.849. The standard InChI is InChI=1S/C15H18N2OS/c1-10-7-17(8-11(2)16-10)15(18)13-9-19-14-6-4-3-5-12(13)14/h3-6,9-11,16H,7-8H2,1-2H3. The van der Waals surface area contributed by atoms with Crippen molar-refractivity contribution >= 4 is 27.3 Å². The lowest BCUT2D eigenvalue weighted by atomic mass is 10.1. The van der Waals surface area contributed by atoms with Crippen molar-refractivity contribution in [3.8, 4) is 0 Å². The molecule has 2 atom stereocenters. The summed E-state index contributed by atoms with van der Waals surface area (Å²) >= 11 is 1.64. The molecule has 100 valence electrons. The van der Waals surface area contributed by atoms with Crippen molar-refractivity contribution in [1.82, 2.24) is 10.2 Å². The molecule has 1 N–H and O–H groups in total. The molecule has 1 aliphatic heterocycles. The minimum absolute atomic E-state index is 0.164. The molecule has 1 aliphatic rings. The minimum atomic E-state index is 0.164. The molecule has 0 saturated carbocycles. The smallest absolute Gasteiger partial charge is 0.255 e. The predicted molar refractivity (Wildman–Crippen MR) is 79.8 cm³/mol. The summed E-state index contributed by atoms with van der Waals surface area (Å²) in [6.45, 7) is 5.82. The molecule has 3 rings (SSSR count). The van der Waals surface area contributed by atoms with E-state index in [1.54, 1.807) is 11.3 Å². The van der Waals surface area contributed by atoms with E-state index >= 15 is 0 Å². The van der Waals surface area contributed by atoms with E-state index in [1.807, 2.05) is 28.5 Å². The Bertz CT molecular complexity index is 597. The van der Waals surface area contributed by atoms with Crippen molar-refractivity contribution in [2.45, 2.75) is 25.9 Å². The van der Waals surface area contributed by atoms with Crippen LogP contribution in [0.15, 0.2) is 29.6 Å². The van der Waals surface area contributed by atoms with Gasteiger partial charge in [0.25, 0.3) is 5.91 Å². The highest BCUT2D eigenvalue weighted by molar-refractivity contribution is 7.17. The van der Waals surface area contributed by atoms with E-state index in [1.165, 1.54) is 4.70 Å². The van der Waals surface area contributed by atoms with Crippen LogP contribution < -0.4 is 5.32 Å². The topological polar surface area (TPSA) is 32.3 Å². The Balaban J connectivity index is 1.91. The number of fused-ring (bicyclic) bond motifs is 1. The summed E-state index contributed by atoms with van der Waals surface area (Å²) < 4.78 is 1.18. The molecule has 1 saturated heterocycles. The minimum Gasteiger partial charge on any atom is -0.336 e. The number of benzene rings is 1. The number of hydrogen-bond acceptors (Lipinski definition) is 3. The highest BCUT2D eigenvalue weighted by Gasteiger charge is 2.26. The number of rotatable bonds is 1. The highest BCUT2D eigenvalue weighted by Crippen LogP contribution is 2.27. The molecule has 2 unspecified atom stereocenters. The van der Waals surface area contributed by atoms with Gasteiger partial charge in [0, 0.05) is 40.6 Å². The van der Waals surface area contributed by atoms with Crippen molar-refractivity contribution in [2.24, 2.45) is 0 Å². The molecule has 2 aromatic rings. The third kappa shape index (κ3) is 2.38. The van der Waals surface area contributed by atoms with Crippen LogP contribution in [0.1, 0.15) is 24.2 Å². The number of carbonyl (C=O) groups is 1. The average Bonchev–Trinajstić information content (AvgIpc) is 2.80. The second-order valence-corrected chi connectivity index (χ2v) is 6.24. The second-order valence-electron chi connectivity index (χ2n) is 5.32. The van der Waals surface area contributed by atoms with Crippen molar-refractivity contribution < 1.29 is 4.79 Å². The molecule has 0 spiro atoms. The Hall–Kier alpha value is -1.39. The van der Waals surface area contributed by atoms with E-state index in [-0.39, 0.29) is 5.91 Å². The lowest BCUT2D eigenvalue weighted by Crippen LogP contribution is -2.55. The van der Waals surface area contributed by atoms with Crippen LogP contribution in [0.2, 0.25) is 0 Å². The third-order valence-electron chi connectivity index (χ3n) is 3.56. The Kier molecular flexibility index (Phi) is 3.29. The molecule has 0 radical (unpaired) electrons. The van der Waals surface area contributed by atoms with Crippen LogP contribution in [0, 0.1) is 0 Å². The first-order valence-electron chi connectivity index (χ1n) is 6.66.